The molecule has 1 heterocycles. The largest absolute Gasteiger partial charge is 0.472 e. The summed E-state index contributed by atoms with van der Waals surface area (Å²) in [5.41, 5.74) is 0. The first kappa shape index (κ1) is 12.1. The fourth-order valence-electron chi connectivity index (χ4n) is 1.28. The predicted molar refractivity (Wildman–Crippen MR) is 47.8 cm³/mol. The number of ether oxygens (including phenoxy) is 1. The summed E-state index contributed by atoms with van der Waals surface area (Å²) >= 11 is 0. The van der Waals surface area contributed by atoms with Crippen LogP contribution >= 0.6 is 7.82 Å². The summed E-state index contributed by atoms with van der Waals surface area (Å²) in [6, 6.07) is 0. The molecule has 0 amide bonds. The van der Waals surface area contributed by atoms with Crippen LogP contribution in [0.1, 0.15) is 13.3 Å². The topological polar surface area (TPSA) is 85.2 Å². The van der Waals surface area contributed by atoms with Crippen molar-refractivity contribution in [1.29, 1.82) is 0 Å². The van der Waals surface area contributed by atoms with Crippen molar-refractivity contribution in [1.82, 2.24) is 0 Å². The molecule has 1 aliphatic rings. The van der Waals surface area contributed by atoms with Gasteiger partial charge in [0.2, 0.25) is 0 Å². The van der Waals surface area contributed by atoms with Crippen molar-refractivity contribution >= 4 is 7.82 Å². The molecule has 0 spiro atoms. The highest BCUT2D eigenvalue weighted by molar-refractivity contribution is 7.47. The highest BCUT2D eigenvalue weighted by Gasteiger charge is 2.35. The van der Waals surface area contributed by atoms with Gasteiger partial charge in [0, 0.05) is 13.0 Å². The number of hydrogen-bond acceptors (Lipinski definition) is 5. The first-order chi connectivity index (χ1) is 6.59. The maximum absolute atomic E-state index is 11.2. The minimum atomic E-state index is -3.98. The smallest absolute Gasteiger partial charge is 0.394 e. The third-order valence-corrected chi connectivity index (χ3v) is 3.01. The summed E-state index contributed by atoms with van der Waals surface area (Å²) in [5, 5.41) is 8.85. The molecule has 0 bridgehead atoms. The Labute approximate surface area is 82.4 Å². The van der Waals surface area contributed by atoms with E-state index in [9.17, 15) is 4.57 Å². The second kappa shape index (κ2) is 5.21. The lowest BCUT2D eigenvalue weighted by Gasteiger charge is -2.19. The van der Waals surface area contributed by atoms with Gasteiger partial charge in [-0.3, -0.25) is 9.05 Å². The fourth-order valence-corrected chi connectivity index (χ4v) is 2.25. The van der Waals surface area contributed by atoms with E-state index in [0.717, 1.165) is 0 Å². The van der Waals surface area contributed by atoms with Crippen LogP contribution in [0.3, 0.4) is 0 Å². The Hall–Kier alpha value is 0.0300. The van der Waals surface area contributed by atoms with Crippen LogP contribution in [0.2, 0.25) is 0 Å². The average Bonchev–Trinajstić information content (AvgIpc) is 2.50. The van der Waals surface area contributed by atoms with Crippen LogP contribution in [-0.2, 0) is 18.3 Å². The van der Waals surface area contributed by atoms with Crippen LogP contribution in [0.5, 0.6) is 0 Å². The molecule has 7 heteroatoms. The molecule has 0 aromatic heterocycles. The first-order valence-electron chi connectivity index (χ1n) is 4.47. The van der Waals surface area contributed by atoms with Crippen molar-refractivity contribution in [3.63, 3.8) is 0 Å². The van der Waals surface area contributed by atoms with E-state index in [1.807, 2.05) is 0 Å². The molecule has 84 valence electrons. The minimum Gasteiger partial charge on any atom is -0.394 e. The lowest BCUT2D eigenvalue weighted by atomic mass is 10.2. The third-order valence-electron chi connectivity index (χ3n) is 1.89. The van der Waals surface area contributed by atoms with E-state index < -0.39 is 20.0 Å². The van der Waals surface area contributed by atoms with E-state index in [-0.39, 0.29) is 13.2 Å². The minimum absolute atomic E-state index is 0.102. The molecule has 6 nitrogen and oxygen atoms in total. The highest BCUT2D eigenvalue weighted by Crippen LogP contribution is 2.46. The van der Waals surface area contributed by atoms with Crippen molar-refractivity contribution in [3.8, 4) is 0 Å². The molecule has 1 unspecified atom stereocenters. The van der Waals surface area contributed by atoms with Gasteiger partial charge in [-0.05, 0) is 6.92 Å². The average molecular weight is 226 g/mol. The van der Waals surface area contributed by atoms with Crippen molar-refractivity contribution in [3.05, 3.63) is 0 Å². The zero-order chi connectivity index (χ0) is 10.6. The molecule has 0 aromatic carbocycles. The van der Waals surface area contributed by atoms with Crippen molar-refractivity contribution in [2.24, 2.45) is 0 Å². The highest BCUT2D eigenvalue weighted by atomic mass is 31.2. The molecule has 0 aromatic rings. The second-order valence-electron chi connectivity index (χ2n) is 2.91. The predicted octanol–water partition coefficient (Wildman–Crippen LogP) is 0.290. The van der Waals surface area contributed by atoms with Crippen LogP contribution in [0.25, 0.3) is 0 Å². The van der Waals surface area contributed by atoms with E-state index in [2.05, 4.69) is 4.52 Å². The third kappa shape index (κ3) is 3.31. The van der Waals surface area contributed by atoms with Gasteiger partial charge in [0.25, 0.3) is 0 Å². The van der Waals surface area contributed by atoms with Crippen molar-refractivity contribution in [2.45, 2.75) is 25.6 Å². The zero-order valence-electron chi connectivity index (χ0n) is 7.96. The molecular formula is C7H15O6P. The zero-order valence-corrected chi connectivity index (χ0v) is 8.85. The monoisotopic (exact) mass is 226 g/mol. The second-order valence-corrected chi connectivity index (χ2v) is 4.32. The molecular weight excluding hydrogens is 211 g/mol. The molecule has 2 N–H and O–H groups in total. The van der Waals surface area contributed by atoms with Gasteiger partial charge in [-0.1, -0.05) is 0 Å². The Morgan fingerprint density at radius 3 is 2.93 bits per heavy atom. The van der Waals surface area contributed by atoms with Crippen molar-refractivity contribution in [2.75, 3.05) is 19.8 Å². The van der Waals surface area contributed by atoms with Crippen LogP contribution in [0, 0.1) is 0 Å². The number of aliphatic hydroxyl groups is 1. The van der Waals surface area contributed by atoms with Gasteiger partial charge in [-0.25, -0.2) is 4.57 Å². The van der Waals surface area contributed by atoms with Crippen molar-refractivity contribution < 1.29 is 28.3 Å². The van der Waals surface area contributed by atoms with E-state index in [0.29, 0.717) is 13.0 Å². The normalized spacial score (nSPS) is 31.6. The molecule has 0 radical (unpaired) electrons. The number of phosphoric ester groups is 1. The van der Waals surface area contributed by atoms with E-state index in [1.165, 1.54) is 0 Å². The summed E-state index contributed by atoms with van der Waals surface area (Å²) in [6.45, 7) is 1.89. The van der Waals surface area contributed by atoms with Gasteiger partial charge < -0.3 is 14.7 Å². The standard InChI is InChI=1S/C7H15O6P/c1-2-12-14(9,10)13-6-3-4-11-7(6)5-8/h6-8H,2-5H2,1H3,(H,9,10)/t6-,7-/m1/s1. The van der Waals surface area contributed by atoms with E-state index >= 15 is 0 Å². The maximum atomic E-state index is 11.2. The molecule has 14 heavy (non-hydrogen) atoms. The molecule has 3 atom stereocenters. The summed E-state index contributed by atoms with van der Waals surface area (Å²) in [6.07, 6.45) is -0.610. The summed E-state index contributed by atoms with van der Waals surface area (Å²) in [7, 11) is -3.98. The Morgan fingerprint density at radius 1 is 1.64 bits per heavy atom. The fraction of sp³-hybridized carbons (Fsp3) is 1.00. The number of hydrogen-bond donors (Lipinski definition) is 2. The molecule has 1 saturated heterocycles. The number of aliphatic hydroxyl groups excluding tert-OH is 1. The lowest BCUT2D eigenvalue weighted by molar-refractivity contribution is 0.00000217. The quantitative estimate of drug-likeness (QED) is 0.655. The maximum Gasteiger partial charge on any atom is 0.472 e. The van der Waals surface area contributed by atoms with Crippen LogP contribution in [0.4, 0.5) is 0 Å². The molecule has 1 aliphatic heterocycles. The summed E-state index contributed by atoms with van der Waals surface area (Å²) in [5.74, 6) is 0. The Balaban J connectivity index is 2.46. The Kier molecular flexibility index (Phi) is 4.50. The van der Waals surface area contributed by atoms with Crippen LogP contribution in [-0.4, -0.2) is 42.0 Å². The Morgan fingerprint density at radius 2 is 2.36 bits per heavy atom. The van der Waals surface area contributed by atoms with Crippen LogP contribution in [0.15, 0.2) is 0 Å². The van der Waals surface area contributed by atoms with Gasteiger partial charge in [-0.15, -0.1) is 0 Å². The molecule has 0 aliphatic carbocycles. The summed E-state index contributed by atoms with van der Waals surface area (Å²) < 4.78 is 25.7. The van der Waals surface area contributed by atoms with E-state index in [1.54, 1.807) is 6.92 Å². The SMILES string of the molecule is CCOP(=O)(O)O[C@@H]1CCO[C@@H]1CO. The van der Waals surface area contributed by atoms with Gasteiger partial charge in [0.05, 0.1) is 13.2 Å². The first-order valence-corrected chi connectivity index (χ1v) is 5.97. The van der Waals surface area contributed by atoms with Gasteiger partial charge in [0.15, 0.2) is 0 Å². The van der Waals surface area contributed by atoms with Gasteiger partial charge in [-0.2, -0.15) is 0 Å². The van der Waals surface area contributed by atoms with Crippen LogP contribution < -0.4 is 0 Å². The number of rotatable bonds is 5. The van der Waals surface area contributed by atoms with Gasteiger partial charge in [0.1, 0.15) is 12.2 Å². The Bertz CT molecular complexity index is 220. The van der Waals surface area contributed by atoms with E-state index in [4.69, 9.17) is 19.3 Å². The molecule has 1 fully saturated rings. The molecule has 0 saturated carbocycles. The lowest BCUT2D eigenvalue weighted by Crippen LogP contribution is -2.27. The van der Waals surface area contributed by atoms with Gasteiger partial charge >= 0.3 is 7.82 Å². The molecule has 1 rings (SSSR count). The number of phosphoric acid groups is 1. The summed E-state index contributed by atoms with van der Waals surface area (Å²) in [4.78, 5) is 9.16.